The fourth-order valence-electron chi connectivity index (χ4n) is 3.42. The molecule has 0 fully saturated rings. The van der Waals surface area contributed by atoms with E-state index in [1.54, 1.807) is 14.0 Å². The summed E-state index contributed by atoms with van der Waals surface area (Å²) >= 11 is 0. The van der Waals surface area contributed by atoms with Crippen LogP contribution < -0.4 is 4.74 Å². The number of Topliss-reactive ketones (excluding diaryl/α,β-unsaturated/α-hetero) is 1. The summed E-state index contributed by atoms with van der Waals surface area (Å²) in [5, 5.41) is 0. The average molecular weight is 447 g/mol. The minimum Gasteiger partial charge on any atom is -0.497 e. The minimum atomic E-state index is -3.47. The van der Waals surface area contributed by atoms with Crippen molar-refractivity contribution in [3.8, 4) is 5.75 Å². The molecule has 0 aromatic heterocycles. The Morgan fingerprint density at radius 3 is 1.87 bits per heavy atom. The fourth-order valence-corrected chi connectivity index (χ4v) is 5.55. The highest BCUT2D eigenvalue weighted by atomic mass is 28.4. The molecule has 2 atom stereocenters. The number of hydrogen-bond acceptors (Lipinski definition) is 6. The molecule has 31 heavy (non-hydrogen) atoms. The van der Waals surface area contributed by atoms with Crippen molar-refractivity contribution >= 4 is 14.8 Å². The van der Waals surface area contributed by atoms with Gasteiger partial charge < -0.3 is 22.4 Å². The normalized spacial score (nSPS) is 13.6. The van der Waals surface area contributed by atoms with Gasteiger partial charge in [-0.2, -0.15) is 0 Å². The van der Waals surface area contributed by atoms with E-state index < -0.39 is 21.1 Å². The van der Waals surface area contributed by atoms with E-state index in [0.717, 1.165) is 16.9 Å². The number of benzene rings is 2. The number of hydrogen-bond donors (Lipinski definition) is 0. The van der Waals surface area contributed by atoms with Crippen LogP contribution in [-0.4, -0.2) is 41.8 Å². The maximum atomic E-state index is 12.8. The lowest BCUT2D eigenvalue weighted by molar-refractivity contribution is -0.127. The highest BCUT2D eigenvalue weighted by Crippen LogP contribution is 2.34. The van der Waals surface area contributed by atoms with Crippen LogP contribution in [0.4, 0.5) is 0 Å². The van der Waals surface area contributed by atoms with Gasteiger partial charge >= 0.3 is 9.05 Å². The molecule has 2 aromatic carbocycles. The molecule has 0 spiro atoms. The first-order valence-electron chi connectivity index (χ1n) is 10.8. The van der Waals surface area contributed by atoms with Gasteiger partial charge in [0.05, 0.1) is 19.1 Å². The summed E-state index contributed by atoms with van der Waals surface area (Å²) in [7, 11) is -1.85. The van der Waals surface area contributed by atoms with Gasteiger partial charge in [-0.1, -0.05) is 42.5 Å². The average Bonchev–Trinajstić information content (AvgIpc) is 2.77. The lowest BCUT2D eigenvalue weighted by Gasteiger charge is -2.34. The molecule has 0 saturated heterocycles. The highest BCUT2D eigenvalue weighted by molar-refractivity contribution is 6.53. The molecule has 2 aromatic rings. The van der Waals surface area contributed by atoms with Gasteiger partial charge in [0.2, 0.25) is 0 Å². The van der Waals surface area contributed by atoms with Gasteiger partial charge in [0, 0.05) is 19.8 Å². The van der Waals surface area contributed by atoms with Crippen molar-refractivity contribution in [2.75, 3.05) is 26.9 Å². The predicted molar refractivity (Wildman–Crippen MR) is 122 cm³/mol. The Morgan fingerprint density at radius 2 is 1.42 bits per heavy atom. The van der Waals surface area contributed by atoms with Crippen LogP contribution in [0.5, 0.6) is 5.75 Å². The van der Waals surface area contributed by atoms with Crippen molar-refractivity contribution in [3.05, 3.63) is 65.7 Å². The van der Waals surface area contributed by atoms with Crippen LogP contribution in [-0.2, 0) is 28.9 Å². The predicted octanol–water partition coefficient (Wildman–Crippen LogP) is 4.75. The summed E-state index contributed by atoms with van der Waals surface area (Å²) < 4.78 is 29.6. The SMILES string of the molecule is CCO[Si](OCC)(OCC)O[C@H](c1ccc(OC)cc1)[C@H](Cc1ccccc1)C(C)=O. The number of carbonyl (C=O) groups is 1. The lowest BCUT2D eigenvalue weighted by atomic mass is 9.87. The summed E-state index contributed by atoms with van der Waals surface area (Å²) in [5.41, 5.74) is 1.90. The molecule has 0 aliphatic carbocycles. The van der Waals surface area contributed by atoms with Gasteiger partial charge in [-0.3, -0.25) is 4.79 Å². The maximum absolute atomic E-state index is 12.8. The Balaban J connectivity index is 2.49. The molecule has 0 saturated carbocycles. The second kappa shape index (κ2) is 12.7. The molecule has 6 nitrogen and oxygen atoms in total. The molecule has 0 unspecified atom stereocenters. The number of rotatable bonds is 14. The van der Waals surface area contributed by atoms with E-state index >= 15 is 0 Å². The summed E-state index contributed by atoms with van der Waals surface area (Å²) in [6.45, 7) is 8.35. The van der Waals surface area contributed by atoms with E-state index in [4.69, 9.17) is 22.4 Å². The van der Waals surface area contributed by atoms with Gasteiger partial charge in [-0.25, -0.2) is 0 Å². The van der Waals surface area contributed by atoms with E-state index in [2.05, 4.69) is 0 Å². The van der Waals surface area contributed by atoms with Crippen LogP contribution in [0.3, 0.4) is 0 Å². The summed E-state index contributed by atoms with van der Waals surface area (Å²) in [6.07, 6.45) is -0.0678. The van der Waals surface area contributed by atoms with Crippen molar-refractivity contribution in [2.45, 2.75) is 40.2 Å². The van der Waals surface area contributed by atoms with E-state index in [9.17, 15) is 4.79 Å². The number of methoxy groups -OCH3 is 1. The zero-order chi connectivity index (χ0) is 22.7. The van der Waals surface area contributed by atoms with Crippen molar-refractivity contribution in [1.82, 2.24) is 0 Å². The van der Waals surface area contributed by atoms with Crippen molar-refractivity contribution in [3.63, 3.8) is 0 Å². The third-order valence-electron chi connectivity index (χ3n) is 4.87. The van der Waals surface area contributed by atoms with Gasteiger partial charge in [0.25, 0.3) is 0 Å². The Bertz CT molecular complexity index is 763. The Hall–Kier alpha value is -2.03. The first-order chi connectivity index (χ1) is 15.0. The van der Waals surface area contributed by atoms with E-state index in [1.807, 2.05) is 75.4 Å². The molecule has 170 valence electrons. The molecule has 0 aliphatic rings. The smallest absolute Gasteiger partial charge is 0.497 e. The molecule has 0 amide bonds. The largest absolute Gasteiger partial charge is 0.680 e. The van der Waals surface area contributed by atoms with Gasteiger partial charge in [0.1, 0.15) is 11.5 Å². The standard InChI is InChI=1S/C24H34O6Si/c1-6-27-31(28-7-2,29-8-3)30-24(21-14-16-22(26-5)17-15-21)23(19(4)25)18-20-12-10-9-11-13-20/h9-17,23-24H,6-8,18H2,1-5H3/t23-,24-/m1/s1. The third-order valence-corrected chi connectivity index (χ3v) is 7.33. The lowest BCUT2D eigenvalue weighted by Crippen LogP contribution is -2.51. The third kappa shape index (κ3) is 7.26. The van der Waals surface area contributed by atoms with E-state index in [0.29, 0.717) is 26.2 Å². The van der Waals surface area contributed by atoms with Gasteiger partial charge in [-0.05, 0) is 57.4 Å². The number of ether oxygens (including phenoxy) is 1. The van der Waals surface area contributed by atoms with Crippen LogP contribution in [0.2, 0.25) is 0 Å². The van der Waals surface area contributed by atoms with Gasteiger partial charge in [0.15, 0.2) is 0 Å². The summed E-state index contributed by atoms with van der Waals surface area (Å²) in [4.78, 5) is 12.8. The zero-order valence-electron chi connectivity index (χ0n) is 19.1. The Kier molecular flexibility index (Phi) is 10.4. The molecular formula is C24H34O6Si. The second-order valence-electron chi connectivity index (χ2n) is 7.02. The van der Waals surface area contributed by atoms with Crippen molar-refractivity contribution in [1.29, 1.82) is 0 Å². The van der Waals surface area contributed by atoms with Crippen molar-refractivity contribution < 1.29 is 27.2 Å². The Labute approximate surface area is 186 Å². The molecule has 0 heterocycles. The number of carbonyl (C=O) groups excluding carboxylic acids is 1. The van der Waals surface area contributed by atoms with Crippen LogP contribution in [0.15, 0.2) is 54.6 Å². The van der Waals surface area contributed by atoms with E-state index in [-0.39, 0.29) is 5.78 Å². The molecule has 0 bridgehead atoms. The first-order valence-corrected chi connectivity index (χ1v) is 12.4. The fraction of sp³-hybridized carbons (Fsp3) is 0.458. The van der Waals surface area contributed by atoms with Gasteiger partial charge in [-0.15, -0.1) is 0 Å². The van der Waals surface area contributed by atoms with Crippen LogP contribution >= 0.6 is 0 Å². The highest BCUT2D eigenvalue weighted by Gasteiger charge is 2.49. The molecule has 0 N–H and O–H groups in total. The molecule has 2 rings (SSSR count). The molecule has 7 heteroatoms. The Morgan fingerprint density at radius 1 is 0.871 bits per heavy atom. The van der Waals surface area contributed by atoms with Crippen LogP contribution in [0.25, 0.3) is 0 Å². The minimum absolute atomic E-state index is 0.0251. The molecule has 0 radical (unpaired) electrons. The zero-order valence-corrected chi connectivity index (χ0v) is 20.1. The maximum Gasteiger partial charge on any atom is 0.680 e. The molecule has 0 aliphatic heterocycles. The van der Waals surface area contributed by atoms with Crippen molar-refractivity contribution in [2.24, 2.45) is 5.92 Å². The topological polar surface area (TPSA) is 63.2 Å². The second-order valence-corrected chi connectivity index (χ2v) is 9.12. The first kappa shape index (κ1) is 25.2. The molecular weight excluding hydrogens is 412 g/mol. The summed E-state index contributed by atoms with van der Waals surface area (Å²) in [5.74, 6) is 0.314. The van der Waals surface area contributed by atoms with Crippen LogP contribution in [0, 0.1) is 5.92 Å². The van der Waals surface area contributed by atoms with E-state index in [1.165, 1.54) is 0 Å². The summed E-state index contributed by atoms with van der Waals surface area (Å²) in [6, 6.07) is 17.5. The van der Waals surface area contributed by atoms with Crippen LogP contribution in [0.1, 0.15) is 44.9 Å². The number of ketones is 1. The quantitative estimate of drug-likeness (QED) is 0.390. The monoisotopic (exact) mass is 446 g/mol.